The zero-order valence-electron chi connectivity index (χ0n) is 22.4. The summed E-state index contributed by atoms with van der Waals surface area (Å²) in [5.41, 5.74) is 2.37. The third kappa shape index (κ3) is 6.95. The maximum atomic E-state index is 11.9. The van der Waals surface area contributed by atoms with Crippen molar-refractivity contribution < 1.29 is 14.6 Å². The third-order valence-corrected chi connectivity index (χ3v) is 7.94. The Kier molecular flexibility index (Phi) is 8.08. The van der Waals surface area contributed by atoms with Gasteiger partial charge in [-0.2, -0.15) is 0 Å². The molecule has 1 amide bonds. The number of rotatable bonds is 8. The lowest BCUT2D eigenvalue weighted by Crippen LogP contribution is -2.52. The molecule has 2 aliphatic heterocycles. The van der Waals surface area contributed by atoms with Gasteiger partial charge in [-0.05, 0) is 81.5 Å². The Morgan fingerprint density at radius 2 is 2.11 bits per heavy atom. The van der Waals surface area contributed by atoms with Gasteiger partial charge in [-0.25, -0.2) is 4.98 Å². The molecule has 7 heteroatoms. The molecule has 4 rings (SSSR count). The Hall–Kier alpha value is -1.70. The fourth-order valence-corrected chi connectivity index (χ4v) is 6.15. The number of amides is 1. The van der Waals surface area contributed by atoms with Gasteiger partial charge in [0.1, 0.15) is 5.60 Å². The molecule has 3 aliphatic rings. The van der Waals surface area contributed by atoms with Gasteiger partial charge in [-0.3, -0.25) is 4.79 Å². The van der Waals surface area contributed by atoms with Crippen molar-refractivity contribution in [2.45, 2.75) is 103 Å². The number of hydrogen-bond donors (Lipinski definition) is 3. The highest BCUT2D eigenvalue weighted by Gasteiger charge is 2.46. The van der Waals surface area contributed by atoms with Crippen molar-refractivity contribution in [1.82, 2.24) is 20.5 Å². The molecule has 7 nitrogen and oxygen atoms in total. The van der Waals surface area contributed by atoms with Gasteiger partial charge in [0, 0.05) is 44.2 Å². The van der Waals surface area contributed by atoms with E-state index in [9.17, 15) is 9.90 Å². The van der Waals surface area contributed by atoms with Crippen LogP contribution < -0.4 is 15.4 Å². The van der Waals surface area contributed by atoms with Gasteiger partial charge in [-0.1, -0.05) is 20.8 Å². The summed E-state index contributed by atoms with van der Waals surface area (Å²) in [7, 11) is 2.15. The maximum Gasteiger partial charge on any atom is 0.218 e. The number of carbonyl (C=O) groups is 1. The van der Waals surface area contributed by atoms with E-state index in [1.54, 1.807) is 0 Å². The summed E-state index contributed by atoms with van der Waals surface area (Å²) in [5.74, 6) is 1.15. The number of fused-ring (bicyclic) bond motifs is 1. The van der Waals surface area contributed by atoms with Gasteiger partial charge in [-0.15, -0.1) is 0 Å². The van der Waals surface area contributed by atoms with Gasteiger partial charge < -0.3 is 25.4 Å². The van der Waals surface area contributed by atoms with Gasteiger partial charge >= 0.3 is 0 Å². The minimum absolute atomic E-state index is 0.0833. The highest BCUT2D eigenvalue weighted by Crippen LogP contribution is 2.48. The second-order valence-corrected chi connectivity index (χ2v) is 12.7. The molecule has 0 radical (unpaired) electrons. The number of nitrogens with zero attached hydrogens (tertiary/aromatic N) is 2. The lowest BCUT2D eigenvalue weighted by Gasteiger charge is -2.47. The maximum absolute atomic E-state index is 11.9. The molecular formula is C28H46N4O3. The molecule has 0 aromatic carbocycles. The average Bonchev–Trinajstić information content (AvgIpc) is 2.74. The number of likely N-dealkylation sites (tertiary alicyclic amines) is 1. The number of carbonyl (C=O) groups excluding carboxylic acids is 1. The molecule has 2 fully saturated rings. The molecule has 1 aliphatic carbocycles. The summed E-state index contributed by atoms with van der Waals surface area (Å²) in [6.45, 7) is 10.8. The quantitative estimate of drug-likeness (QED) is 0.521. The number of aromatic nitrogens is 1. The summed E-state index contributed by atoms with van der Waals surface area (Å²) in [5, 5.41) is 17.9. The van der Waals surface area contributed by atoms with Crippen LogP contribution in [-0.2, 0) is 11.2 Å². The van der Waals surface area contributed by atoms with Crippen LogP contribution in [0.4, 0.5) is 0 Å². The molecule has 3 heterocycles. The van der Waals surface area contributed by atoms with Gasteiger partial charge in [0.2, 0.25) is 11.8 Å². The van der Waals surface area contributed by atoms with Gasteiger partial charge in [0.05, 0.1) is 12.1 Å². The number of pyridine rings is 1. The first-order valence-electron chi connectivity index (χ1n) is 13.6. The van der Waals surface area contributed by atoms with Crippen molar-refractivity contribution in [1.29, 1.82) is 0 Å². The summed E-state index contributed by atoms with van der Waals surface area (Å²) in [6, 6.07) is 2.07. The van der Waals surface area contributed by atoms with E-state index in [1.807, 2.05) is 6.20 Å². The highest BCUT2D eigenvalue weighted by molar-refractivity contribution is 5.73. The summed E-state index contributed by atoms with van der Waals surface area (Å²) >= 11 is 0. The normalized spacial score (nSPS) is 25.8. The Morgan fingerprint density at radius 1 is 1.34 bits per heavy atom. The predicted octanol–water partition coefficient (Wildman–Crippen LogP) is 3.60. The largest absolute Gasteiger partial charge is 0.471 e. The van der Waals surface area contributed by atoms with Crippen LogP contribution in [0.2, 0.25) is 0 Å². The van der Waals surface area contributed by atoms with Crippen molar-refractivity contribution in [3.8, 4) is 5.88 Å². The number of ether oxygens (including phenoxy) is 1. The zero-order chi connectivity index (χ0) is 25.2. The van der Waals surface area contributed by atoms with Crippen molar-refractivity contribution in [3.05, 3.63) is 23.4 Å². The van der Waals surface area contributed by atoms with Gasteiger partial charge in [0.25, 0.3) is 0 Å². The monoisotopic (exact) mass is 486 g/mol. The number of hydrogen-bond acceptors (Lipinski definition) is 6. The van der Waals surface area contributed by atoms with Crippen molar-refractivity contribution >= 4 is 5.91 Å². The third-order valence-electron chi connectivity index (χ3n) is 7.94. The topological polar surface area (TPSA) is 86.7 Å². The standard InChI is InChI=1S/C28H46N4O3/c1-19(33)31-23(13-20-8-6-11-32(5)18-20)25(34)17-29-24-15-28(9-7-10-28)35-26-22(24)12-21(16-30-26)14-27(2,3)4/h12,16,20,23-25,29,34H,6-11,13-15,17-18H2,1-5H3,(H,31,33)/t20?,23-,24-,25-/m0/s1. The van der Waals surface area contributed by atoms with Crippen molar-refractivity contribution in [2.75, 3.05) is 26.7 Å². The van der Waals surface area contributed by atoms with Crippen LogP contribution in [0.3, 0.4) is 0 Å². The zero-order valence-corrected chi connectivity index (χ0v) is 22.4. The minimum atomic E-state index is -0.652. The summed E-state index contributed by atoms with van der Waals surface area (Å²) < 4.78 is 6.41. The van der Waals surface area contributed by atoms with Crippen LogP contribution in [0.25, 0.3) is 0 Å². The Bertz CT molecular complexity index is 879. The molecule has 1 saturated carbocycles. The van der Waals surface area contributed by atoms with E-state index in [2.05, 4.69) is 49.4 Å². The predicted molar refractivity (Wildman–Crippen MR) is 138 cm³/mol. The van der Waals surface area contributed by atoms with E-state index in [-0.39, 0.29) is 29.0 Å². The van der Waals surface area contributed by atoms with Crippen LogP contribution >= 0.6 is 0 Å². The van der Waals surface area contributed by atoms with Crippen LogP contribution in [0, 0.1) is 11.3 Å². The van der Waals surface area contributed by atoms with Gasteiger partial charge in [0.15, 0.2) is 0 Å². The first kappa shape index (κ1) is 26.4. The molecular weight excluding hydrogens is 440 g/mol. The first-order chi connectivity index (χ1) is 16.5. The van der Waals surface area contributed by atoms with Crippen LogP contribution in [0.5, 0.6) is 5.88 Å². The Labute approximate surface area is 211 Å². The van der Waals surface area contributed by atoms with E-state index < -0.39 is 6.10 Å². The molecule has 196 valence electrons. The number of nitrogens with one attached hydrogen (secondary N) is 2. The van der Waals surface area contributed by atoms with E-state index in [1.165, 1.54) is 25.3 Å². The Morgan fingerprint density at radius 3 is 2.74 bits per heavy atom. The van der Waals surface area contributed by atoms with Crippen molar-refractivity contribution in [2.24, 2.45) is 11.3 Å². The number of aliphatic hydroxyl groups excluding tert-OH is 1. The average molecular weight is 487 g/mol. The van der Waals surface area contributed by atoms with Crippen molar-refractivity contribution in [3.63, 3.8) is 0 Å². The number of aliphatic hydroxyl groups is 1. The molecule has 1 aromatic rings. The molecule has 3 N–H and O–H groups in total. The smallest absolute Gasteiger partial charge is 0.218 e. The van der Waals surface area contributed by atoms with E-state index in [0.717, 1.165) is 63.1 Å². The van der Waals surface area contributed by atoms with E-state index in [0.29, 0.717) is 12.5 Å². The number of piperidine rings is 1. The fraction of sp³-hybridized carbons (Fsp3) is 0.786. The van der Waals surface area contributed by atoms with Crippen LogP contribution in [0.15, 0.2) is 12.3 Å². The lowest BCUT2D eigenvalue weighted by molar-refractivity contribution is -0.120. The van der Waals surface area contributed by atoms with E-state index >= 15 is 0 Å². The molecule has 35 heavy (non-hydrogen) atoms. The molecule has 0 bridgehead atoms. The van der Waals surface area contributed by atoms with E-state index in [4.69, 9.17) is 9.72 Å². The molecule has 4 atom stereocenters. The second-order valence-electron chi connectivity index (χ2n) is 12.7. The highest BCUT2D eigenvalue weighted by atomic mass is 16.5. The molecule has 1 saturated heterocycles. The molecule has 1 spiro atoms. The first-order valence-corrected chi connectivity index (χ1v) is 13.6. The van der Waals surface area contributed by atoms with Crippen LogP contribution in [-0.4, -0.2) is 65.3 Å². The molecule has 1 aromatic heterocycles. The van der Waals surface area contributed by atoms with Crippen LogP contribution in [0.1, 0.15) is 89.8 Å². The lowest BCUT2D eigenvalue weighted by atomic mass is 9.73. The Balaban J connectivity index is 1.46. The second kappa shape index (κ2) is 10.7. The summed E-state index contributed by atoms with van der Waals surface area (Å²) in [4.78, 5) is 19.0. The minimum Gasteiger partial charge on any atom is -0.471 e. The fourth-order valence-electron chi connectivity index (χ4n) is 6.15. The summed E-state index contributed by atoms with van der Waals surface area (Å²) in [6.07, 6.45) is 9.59. The molecule has 1 unspecified atom stereocenters. The SMILES string of the molecule is CC(=O)N[C@@H](CC1CCCN(C)C1)[C@@H](O)CN[C@H]1CC2(CCC2)Oc2ncc(CC(C)(C)C)cc21.